The molecule has 0 atom stereocenters. The van der Waals surface area contributed by atoms with E-state index in [-0.39, 0.29) is 17.7 Å². The van der Waals surface area contributed by atoms with Gasteiger partial charge in [0.2, 0.25) is 23.5 Å². The van der Waals surface area contributed by atoms with Crippen LogP contribution in [0.4, 0.5) is 5.69 Å². The van der Waals surface area contributed by atoms with Gasteiger partial charge in [-0.3, -0.25) is 9.59 Å². The molecule has 0 spiro atoms. The van der Waals surface area contributed by atoms with Gasteiger partial charge in [-0.1, -0.05) is 35.0 Å². The first kappa shape index (κ1) is 21.8. The molecule has 32 heavy (non-hydrogen) atoms. The second kappa shape index (κ2) is 9.78. The summed E-state index contributed by atoms with van der Waals surface area (Å²) in [7, 11) is 0. The highest BCUT2D eigenvalue weighted by Crippen LogP contribution is 2.29. The second-order valence-corrected chi connectivity index (χ2v) is 8.08. The SMILES string of the molecule is CC(=O)Nc1ccc(-c2noc(C3CCN(C(=O)C=Cc4ccccc4Cl)CC3)n2)cc1. The van der Waals surface area contributed by atoms with Crippen LogP contribution in [0, 0.1) is 0 Å². The monoisotopic (exact) mass is 450 g/mol. The smallest absolute Gasteiger partial charge is 0.246 e. The normalized spacial score (nSPS) is 14.6. The van der Waals surface area contributed by atoms with E-state index >= 15 is 0 Å². The number of benzene rings is 2. The number of amides is 2. The number of rotatable bonds is 5. The van der Waals surface area contributed by atoms with Crippen LogP contribution in [-0.2, 0) is 9.59 Å². The Bertz CT molecular complexity index is 1130. The van der Waals surface area contributed by atoms with E-state index in [1.54, 1.807) is 30.4 Å². The van der Waals surface area contributed by atoms with Crippen LogP contribution in [-0.4, -0.2) is 39.9 Å². The molecule has 1 saturated heterocycles. The third kappa shape index (κ3) is 5.23. The van der Waals surface area contributed by atoms with Crippen LogP contribution in [0.15, 0.2) is 59.1 Å². The topological polar surface area (TPSA) is 88.3 Å². The Hall–Kier alpha value is -3.45. The average Bonchev–Trinajstić information content (AvgIpc) is 3.29. The maximum atomic E-state index is 12.5. The van der Waals surface area contributed by atoms with Crippen LogP contribution in [0.1, 0.15) is 37.1 Å². The van der Waals surface area contributed by atoms with Crippen LogP contribution in [0.3, 0.4) is 0 Å². The van der Waals surface area contributed by atoms with E-state index in [0.717, 1.165) is 24.0 Å². The van der Waals surface area contributed by atoms with Gasteiger partial charge in [-0.05, 0) is 54.8 Å². The summed E-state index contributed by atoms with van der Waals surface area (Å²) in [6.07, 6.45) is 4.83. The molecule has 1 fully saturated rings. The Morgan fingerprint density at radius 3 is 2.53 bits per heavy atom. The number of piperidine rings is 1. The van der Waals surface area contributed by atoms with E-state index in [2.05, 4.69) is 15.5 Å². The molecule has 2 amide bonds. The van der Waals surface area contributed by atoms with E-state index in [1.807, 2.05) is 35.2 Å². The first-order valence-corrected chi connectivity index (χ1v) is 10.8. The van der Waals surface area contributed by atoms with Crippen molar-refractivity contribution in [1.82, 2.24) is 15.0 Å². The highest BCUT2D eigenvalue weighted by molar-refractivity contribution is 6.32. The van der Waals surface area contributed by atoms with Gasteiger partial charge >= 0.3 is 0 Å². The van der Waals surface area contributed by atoms with Gasteiger partial charge < -0.3 is 14.7 Å². The van der Waals surface area contributed by atoms with Gasteiger partial charge in [0.15, 0.2) is 0 Å². The molecule has 164 valence electrons. The number of hydrogen-bond acceptors (Lipinski definition) is 5. The first-order chi connectivity index (χ1) is 15.5. The van der Waals surface area contributed by atoms with Crippen LogP contribution in [0.5, 0.6) is 0 Å². The standard InChI is InChI=1S/C24H23ClN4O3/c1-16(30)26-20-9-6-18(7-10-20)23-27-24(32-28-23)19-12-14-29(15-13-19)22(31)11-8-17-4-2-3-5-21(17)25/h2-11,19H,12-15H2,1H3,(H,26,30). The molecule has 8 heteroatoms. The quantitative estimate of drug-likeness (QED) is 0.566. The summed E-state index contributed by atoms with van der Waals surface area (Å²) in [4.78, 5) is 30.0. The lowest BCUT2D eigenvalue weighted by atomic mass is 9.96. The summed E-state index contributed by atoms with van der Waals surface area (Å²) in [5.41, 5.74) is 2.35. The van der Waals surface area contributed by atoms with E-state index in [1.165, 1.54) is 6.92 Å². The Labute approximate surface area is 191 Å². The van der Waals surface area contributed by atoms with Gasteiger partial charge in [-0.15, -0.1) is 0 Å². The average molecular weight is 451 g/mol. The lowest BCUT2D eigenvalue weighted by Crippen LogP contribution is -2.36. The van der Waals surface area contributed by atoms with Crippen LogP contribution >= 0.6 is 11.6 Å². The Balaban J connectivity index is 1.34. The van der Waals surface area contributed by atoms with Gasteiger partial charge in [-0.2, -0.15) is 4.98 Å². The Morgan fingerprint density at radius 2 is 1.84 bits per heavy atom. The number of likely N-dealkylation sites (tertiary alicyclic amines) is 1. The zero-order valence-electron chi connectivity index (χ0n) is 17.6. The molecule has 0 radical (unpaired) electrons. The van der Waals surface area contributed by atoms with Crippen molar-refractivity contribution in [2.45, 2.75) is 25.7 Å². The number of hydrogen-bond donors (Lipinski definition) is 1. The molecule has 3 aromatic rings. The summed E-state index contributed by atoms with van der Waals surface area (Å²) in [5, 5.41) is 7.45. The fourth-order valence-electron chi connectivity index (χ4n) is 3.65. The summed E-state index contributed by atoms with van der Waals surface area (Å²) < 4.78 is 5.50. The van der Waals surface area contributed by atoms with Gasteiger partial charge in [-0.25, -0.2) is 0 Å². The molecule has 2 aromatic carbocycles. The summed E-state index contributed by atoms with van der Waals surface area (Å²) in [5.74, 6) is 1.06. The van der Waals surface area contributed by atoms with Crippen molar-refractivity contribution in [2.75, 3.05) is 18.4 Å². The molecule has 1 aliphatic rings. The largest absolute Gasteiger partial charge is 0.339 e. The molecule has 4 rings (SSSR count). The molecule has 1 N–H and O–H groups in total. The zero-order chi connectivity index (χ0) is 22.5. The second-order valence-electron chi connectivity index (χ2n) is 7.67. The number of halogens is 1. The Kier molecular flexibility index (Phi) is 6.66. The van der Waals surface area contributed by atoms with E-state index in [0.29, 0.717) is 35.5 Å². The van der Waals surface area contributed by atoms with Crippen molar-refractivity contribution in [3.05, 3.63) is 71.1 Å². The van der Waals surface area contributed by atoms with Crippen molar-refractivity contribution < 1.29 is 14.1 Å². The van der Waals surface area contributed by atoms with Gasteiger partial charge in [0.05, 0.1) is 0 Å². The lowest BCUT2D eigenvalue weighted by molar-refractivity contribution is -0.127. The van der Waals surface area contributed by atoms with E-state index in [4.69, 9.17) is 16.1 Å². The molecule has 0 bridgehead atoms. The van der Waals surface area contributed by atoms with Crippen molar-refractivity contribution in [1.29, 1.82) is 0 Å². The molecule has 0 saturated carbocycles. The van der Waals surface area contributed by atoms with Crippen molar-refractivity contribution in [3.63, 3.8) is 0 Å². The van der Waals surface area contributed by atoms with Crippen molar-refractivity contribution >= 4 is 35.2 Å². The van der Waals surface area contributed by atoms with Gasteiger partial charge in [0.25, 0.3) is 0 Å². The van der Waals surface area contributed by atoms with Crippen LogP contribution in [0.25, 0.3) is 17.5 Å². The minimum absolute atomic E-state index is 0.0335. The first-order valence-electron chi connectivity index (χ1n) is 10.4. The number of nitrogens with one attached hydrogen (secondary N) is 1. The number of aromatic nitrogens is 2. The third-order valence-corrected chi connectivity index (χ3v) is 5.72. The van der Waals surface area contributed by atoms with E-state index in [9.17, 15) is 9.59 Å². The Morgan fingerprint density at radius 1 is 1.12 bits per heavy atom. The summed E-state index contributed by atoms with van der Waals surface area (Å²) >= 11 is 6.14. The maximum Gasteiger partial charge on any atom is 0.246 e. The van der Waals surface area contributed by atoms with Crippen LogP contribution < -0.4 is 5.32 Å². The molecule has 1 aliphatic heterocycles. The number of anilines is 1. The highest BCUT2D eigenvalue weighted by Gasteiger charge is 2.27. The number of carbonyl (C=O) groups excluding carboxylic acids is 2. The third-order valence-electron chi connectivity index (χ3n) is 5.37. The van der Waals surface area contributed by atoms with Crippen molar-refractivity contribution in [3.8, 4) is 11.4 Å². The molecule has 0 aliphatic carbocycles. The minimum Gasteiger partial charge on any atom is -0.339 e. The van der Waals surface area contributed by atoms with Gasteiger partial charge in [0.1, 0.15) is 0 Å². The molecule has 2 heterocycles. The predicted molar refractivity (Wildman–Crippen MR) is 123 cm³/mol. The zero-order valence-corrected chi connectivity index (χ0v) is 18.4. The van der Waals surface area contributed by atoms with Gasteiger partial charge in [0, 0.05) is 48.3 Å². The molecular weight excluding hydrogens is 428 g/mol. The fourth-order valence-corrected chi connectivity index (χ4v) is 3.85. The number of carbonyl (C=O) groups is 2. The molecule has 0 unspecified atom stereocenters. The lowest BCUT2D eigenvalue weighted by Gasteiger charge is -2.29. The fraction of sp³-hybridized carbons (Fsp3) is 0.250. The van der Waals surface area contributed by atoms with E-state index < -0.39 is 0 Å². The summed E-state index contributed by atoms with van der Waals surface area (Å²) in [6, 6.07) is 14.7. The molecule has 7 nitrogen and oxygen atoms in total. The minimum atomic E-state index is -0.122. The molecule has 1 aromatic heterocycles. The van der Waals surface area contributed by atoms with Crippen molar-refractivity contribution in [2.24, 2.45) is 0 Å². The summed E-state index contributed by atoms with van der Waals surface area (Å²) in [6.45, 7) is 2.71. The maximum absolute atomic E-state index is 12.5. The number of nitrogens with zero attached hydrogens (tertiary/aromatic N) is 3. The van der Waals surface area contributed by atoms with Crippen LogP contribution in [0.2, 0.25) is 5.02 Å². The predicted octanol–water partition coefficient (Wildman–Crippen LogP) is 4.77. The highest BCUT2D eigenvalue weighted by atomic mass is 35.5. The molecular formula is C24H23ClN4O3.